The maximum atomic E-state index is 6.36. The van der Waals surface area contributed by atoms with E-state index in [1.54, 1.807) is 0 Å². The van der Waals surface area contributed by atoms with E-state index in [4.69, 9.17) is 28.8 Å². The summed E-state index contributed by atoms with van der Waals surface area (Å²) in [5.74, 6) is 2.24. The van der Waals surface area contributed by atoms with Crippen molar-refractivity contribution >= 4 is 87.2 Å². The lowest BCUT2D eigenvalue weighted by molar-refractivity contribution is 0.668. The minimum absolute atomic E-state index is 0.457. The second kappa shape index (κ2) is 12.2. The van der Waals surface area contributed by atoms with Crippen LogP contribution in [0, 0.1) is 0 Å². The van der Waals surface area contributed by atoms with Crippen molar-refractivity contribution in [2.45, 2.75) is 0 Å². The van der Waals surface area contributed by atoms with Crippen LogP contribution in [-0.2, 0) is 0 Å². The lowest BCUT2D eigenvalue weighted by Gasteiger charge is -2.14. The van der Waals surface area contributed by atoms with Crippen molar-refractivity contribution in [3.63, 3.8) is 0 Å². The molecule has 0 saturated heterocycles. The van der Waals surface area contributed by atoms with Crippen LogP contribution >= 0.6 is 0 Å². The first-order valence-corrected chi connectivity index (χ1v) is 19.6. The van der Waals surface area contributed by atoms with Crippen molar-refractivity contribution in [2.75, 3.05) is 0 Å². The third-order valence-electron chi connectivity index (χ3n) is 11.7. The second-order valence-electron chi connectivity index (χ2n) is 15.0. The molecule has 0 aliphatic heterocycles. The molecule has 0 bridgehead atoms. The van der Waals surface area contributed by atoms with Crippen molar-refractivity contribution in [1.82, 2.24) is 24.5 Å². The van der Waals surface area contributed by atoms with E-state index in [0.29, 0.717) is 23.4 Å². The molecule has 0 N–H and O–H groups in total. The third kappa shape index (κ3) is 4.82. The molecule has 0 spiro atoms. The number of rotatable bonds is 4. The van der Waals surface area contributed by atoms with Crippen molar-refractivity contribution < 1.29 is 8.83 Å². The molecule has 0 atom stereocenters. The topological polar surface area (TPSA) is 82.8 Å². The summed E-state index contributed by atoms with van der Waals surface area (Å²) in [5.41, 5.74) is 7.59. The molecule has 13 rings (SSSR count). The zero-order valence-electron chi connectivity index (χ0n) is 31.3. The van der Waals surface area contributed by atoms with E-state index in [-0.39, 0.29) is 0 Å². The Morgan fingerprint density at radius 2 is 0.797 bits per heavy atom. The fourth-order valence-corrected chi connectivity index (χ4v) is 8.92. The van der Waals surface area contributed by atoms with Crippen LogP contribution in [0.15, 0.2) is 185 Å². The number of hydrogen-bond donors (Lipinski definition) is 0. The largest absolute Gasteiger partial charge is 0.456 e. The van der Waals surface area contributed by atoms with E-state index in [9.17, 15) is 0 Å². The highest BCUT2D eigenvalue weighted by Crippen LogP contribution is 2.39. The molecule has 0 unspecified atom stereocenters. The summed E-state index contributed by atoms with van der Waals surface area (Å²) in [4.78, 5) is 21.0. The average molecular weight is 756 g/mol. The first-order chi connectivity index (χ1) is 29.2. The van der Waals surface area contributed by atoms with Gasteiger partial charge in [-0.25, -0.2) is 9.97 Å². The van der Waals surface area contributed by atoms with Crippen molar-refractivity contribution in [3.8, 4) is 40.1 Å². The van der Waals surface area contributed by atoms with Gasteiger partial charge in [0.2, 0.25) is 5.95 Å². The lowest BCUT2D eigenvalue weighted by Crippen LogP contribution is -2.08. The highest BCUT2D eigenvalue weighted by Gasteiger charge is 2.22. The molecule has 0 saturated carbocycles. The molecule has 7 heteroatoms. The van der Waals surface area contributed by atoms with Crippen molar-refractivity contribution in [1.29, 1.82) is 0 Å². The smallest absolute Gasteiger partial charge is 0.240 e. The summed E-state index contributed by atoms with van der Waals surface area (Å²) < 4.78 is 14.6. The van der Waals surface area contributed by atoms with E-state index < -0.39 is 0 Å². The molecule has 0 aliphatic carbocycles. The molecule has 0 radical (unpaired) electrons. The van der Waals surface area contributed by atoms with Crippen LogP contribution in [0.3, 0.4) is 0 Å². The Bertz CT molecular complexity index is 3840. The number of aromatic nitrogens is 5. The molecule has 0 aliphatic rings. The molecular formula is C52H29N5O2. The van der Waals surface area contributed by atoms with Crippen molar-refractivity contribution in [2.24, 2.45) is 0 Å². The summed E-state index contributed by atoms with van der Waals surface area (Å²) in [6, 6.07) is 60.5. The van der Waals surface area contributed by atoms with Gasteiger partial charge in [0.15, 0.2) is 11.6 Å². The number of nitrogens with zero attached hydrogens (tertiary/aromatic N) is 5. The van der Waals surface area contributed by atoms with E-state index >= 15 is 0 Å². The van der Waals surface area contributed by atoms with Gasteiger partial charge < -0.3 is 8.83 Å². The molecule has 0 fully saturated rings. The SMILES string of the molecule is c1ccc2c(c1)nc(-c1ccc3oc4ccccc4c3c1)n2-c1nc(-c2ccc3c(c2)oc2ccccc23)nc(-c2ccc3c4ccccc4c4ccccc4c3c2)n1. The molecule has 0 amide bonds. The summed E-state index contributed by atoms with van der Waals surface area (Å²) in [5, 5.41) is 11.3. The summed E-state index contributed by atoms with van der Waals surface area (Å²) >= 11 is 0. The van der Waals surface area contributed by atoms with Gasteiger partial charge in [-0.2, -0.15) is 9.97 Å². The maximum Gasteiger partial charge on any atom is 0.240 e. The normalized spacial score (nSPS) is 12.1. The minimum Gasteiger partial charge on any atom is -0.456 e. The Morgan fingerprint density at radius 3 is 1.51 bits per heavy atom. The molecular weight excluding hydrogens is 727 g/mol. The van der Waals surface area contributed by atoms with E-state index in [1.165, 1.54) is 26.9 Å². The monoisotopic (exact) mass is 755 g/mol. The van der Waals surface area contributed by atoms with Gasteiger partial charge in [0.25, 0.3) is 0 Å². The Labute approximate surface area is 335 Å². The standard InChI is InChI=1S/C52H29N5O2/c1-2-13-35-33(11-1)34-12-3-4-14-36(34)41-27-30(21-24-37(35)41)49-54-50(31-22-25-40-38-15-5-9-19-45(38)59-48(40)29-31)56-52(55-49)57-44-18-8-7-17-43(44)53-51(57)32-23-26-47-42(28-32)39-16-6-10-20-46(39)58-47/h1-29H. The summed E-state index contributed by atoms with van der Waals surface area (Å²) in [6.07, 6.45) is 0. The molecule has 274 valence electrons. The summed E-state index contributed by atoms with van der Waals surface area (Å²) in [7, 11) is 0. The molecule has 59 heavy (non-hydrogen) atoms. The highest BCUT2D eigenvalue weighted by atomic mass is 16.3. The maximum absolute atomic E-state index is 6.36. The van der Waals surface area contributed by atoms with Crippen LogP contribution in [0.25, 0.3) is 127 Å². The van der Waals surface area contributed by atoms with Gasteiger partial charge in [0.05, 0.1) is 11.0 Å². The predicted molar refractivity (Wildman–Crippen MR) is 238 cm³/mol. The van der Waals surface area contributed by atoms with E-state index in [2.05, 4.69) is 114 Å². The molecule has 9 aromatic carbocycles. The number of para-hydroxylation sites is 4. The van der Waals surface area contributed by atoms with Crippen LogP contribution in [-0.4, -0.2) is 24.5 Å². The molecule has 4 aromatic heterocycles. The molecule has 7 nitrogen and oxygen atoms in total. The van der Waals surface area contributed by atoms with Crippen LogP contribution in [0.5, 0.6) is 0 Å². The van der Waals surface area contributed by atoms with E-state index in [1.807, 2.05) is 66.7 Å². The lowest BCUT2D eigenvalue weighted by atomic mass is 9.93. The van der Waals surface area contributed by atoms with Gasteiger partial charge in [-0.3, -0.25) is 4.57 Å². The quantitative estimate of drug-likeness (QED) is 0.166. The fourth-order valence-electron chi connectivity index (χ4n) is 8.92. The minimum atomic E-state index is 0.457. The Balaban J connectivity index is 1.08. The Kier molecular flexibility index (Phi) is 6.60. The number of benzene rings is 9. The third-order valence-corrected chi connectivity index (χ3v) is 11.7. The van der Waals surface area contributed by atoms with E-state index in [0.717, 1.165) is 77.0 Å². The Hall–Kier alpha value is -8.16. The first-order valence-electron chi connectivity index (χ1n) is 19.6. The van der Waals surface area contributed by atoms with Gasteiger partial charge in [0, 0.05) is 38.2 Å². The number of fused-ring (bicyclic) bond motifs is 13. The number of hydrogen-bond acceptors (Lipinski definition) is 6. The van der Waals surface area contributed by atoms with Gasteiger partial charge >= 0.3 is 0 Å². The molecule has 4 heterocycles. The van der Waals surface area contributed by atoms with Crippen LogP contribution in [0.2, 0.25) is 0 Å². The average Bonchev–Trinajstić information content (AvgIpc) is 4.00. The van der Waals surface area contributed by atoms with Crippen molar-refractivity contribution in [3.05, 3.63) is 176 Å². The van der Waals surface area contributed by atoms with Crippen LogP contribution in [0.1, 0.15) is 0 Å². The second-order valence-corrected chi connectivity index (χ2v) is 15.0. The number of imidazole rings is 1. The molecule has 13 aromatic rings. The van der Waals surface area contributed by atoms with Crippen LogP contribution < -0.4 is 0 Å². The Morgan fingerprint density at radius 1 is 0.322 bits per heavy atom. The summed E-state index contributed by atoms with van der Waals surface area (Å²) in [6.45, 7) is 0. The van der Waals surface area contributed by atoms with Gasteiger partial charge in [0.1, 0.15) is 28.2 Å². The van der Waals surface area contributed by atoms with Gasteiger partial charge in [-0.1, -0.05) is 115 Å². The fraction of sp³-hybridized carbons (Fsp3) is 0. The predicted octanol–water partition coefficient (Wildman–Crippen LogP) is 13.5. The van der Waals surface area contributed by atoms with Crippen LogP contribution in [0.4, 0.5) is 0 Å². The highest BCUT2D eigenvalue weighted by molar-refractivity contribution is 6.25. The zero-order valence-corrected chi connectivity index (χ0v) is 31.3. The number of furan rings is 2. The first kappa shape index (κ1) is 32.0. The van der Waals surface area contributed by atoms with Gasteiger partial charge in [-0.15, -0.1) is 0 Å². The zero-order chi connectivity index (χ0) is 38.6. The van der Waals surface area contributed by atoms with Gasteiger partial charge in [-0.05, 0) is 93.0 Å².